The van der Waals surface area contributed by atoms with Crippen LogP contribution in [0.4, 0.5) is 5.69 Å². The second-order valence-electron chi connectivity index (χ2n) is 7.21. The fourth-order valence-corrected chi connectivity index (χ4v) is 3.03. The van der Waals surface area contributed by atoms with Gasteiger partial charge in [0.05, 0.1) is 12.0 Å². The van der Waals surface area contributed by atoms with E-state index in [1.54, 1.807) is 6.92 Å². The number of hydrogen-bond acceptors (Lipinski definition) is 6. The maximum Gasteiger partial charge on any atom is 0.311 e. The van der Waals surface area contributed by atoms with Gasteiger partial charge in [-0.25, -0.2) is 0 Å². The first kappa shape index (κ1) is 24.6. The molecule has 9 nitrogen and oxygen atoms in total. The number of amides is 2. The number of nitro benzene ring substituents is 1. The predicted octanol–water partition coefficient (Wildman–Crippen LogP) is 3.32. The summed E-state index contributed by atoms with van der Waals surface area (Å²) in [6, 6.07) is 12.7. The third kappa shape index (κ3) is 6.97. The molecule has 1 unspecified atom stereocenters. The highest BCUT2D eigenvalue weighted by molar-refractivity contribution is 5.87. The molecule has 0 saturated carbocycles. The first-order valence-corrected chi connectivity index (χ1v) is 10.4. The third-order valence-electron chi connectivity index (χ3n) is 4.90. The van der Waals surface area contributed by atoms with Crippen LogP contribution in [0.25, 0.3) is 0 Å². The zero-order chi connectivity index (χ0) is 23.5. The Balaban J connectivity index is 2.13. The van der Waals surface area contributed by atoms with E-state index in [0.29, 0.717) is 6.54 Å². The van der Waals surface area contributed by atoms with E-state index < -0.39 is 11.0 Å². The van der Waals surface area contributed by atoms with Crippen molar-refractivity contribution in [3.8, 4) is 11.5 Å². The molecule has 0 radical (unpaired) electrons. The van der Waals surface area contributed by atoms with Gasteiger partial charge in [0, 0.05) is 25.2 Å². The van der Waals surface area contributed by atoms with Crippen LogP contribution in [0.3, 0.4) is 0 Å². The van der Waals surface area contributed by atoms with E-state index in [1.165, 1.54) is 30.2 Å². The molecule has 0 fully saturated rings. The fourth-order valence-electron chi connectivity index (χ4n) is 3.03. The average Bonchev–Trinajstić information content (AvgIpc) is 2.80. The van der Waals surface area contributed by atoms with Crippen LogP contribution in [0.2, 0.25) is 0 Å². The van der Waals surface area contributed by atoms with Crippen molar-refractivity contribution < 1.29 is 24.0 Å². The fraction of sp³-hybridized carbons (Fsp3) is 0.391. The minimum absolute atomic E-state index is 0.0322. The summed E-state index contributed by atoms with van der Waals surface area (Å²) < 4.78 is 10.6. The smallest absolute Gasteiger partial charge is 0.311 e. The van der Waals surface area contributed by atoms with Gasteiger partial charge in [0.2, 0.25) is 11.7 Å². The lowest BCUT2D eigenvalue weighted by Gasteiger charge is -2.28. The van der Waals surface area contributed by atoms with E-state index in [1.807, 2.05) is 37.3 Å². The van der Waals surface area contributed by atoms with Crippen molar-refractivity contribution in [2.75, 3.05) is 20.3 Å². The van der Waals surface area contributed by atoms with Crippen molar-refractivity contribution in [2.24, 2.45) is 0 Å². The molecule has 0 aliphatic carbocycles. The van der Waals surface area contributed by atoms with Gasteiger partial charge in [-0.05, 0) is 25.0 Å². The highest BCUT2D eigenvalue weighted by Gasteiger charge is 2.26. The Labute approximate surface area is 187 Å². The molecule has 0 aromatic heterocycles. The summed E-state index contributed by atoms with van der Waals surface area (Å²) >= 11 is 0. The molecule has 0 spiro atoms. The number of nitro groups is 1. The number of benzene rings is 2. The number of carbonyl (C=O) groups is 2. The summed E-state index contributed by atoms with van der Waals surface area (Å²) in [7, 11) is 1.32. The van der Waals surface area contributed by atoms with Crippen LogP contribution in [0, 0.1) is 10.1 Å². The van der Waals surface area contributed by atoms with Gasteiger partial charge in [-0.3, -0.25) is 19.7 Å². The van der Waals surface area contributed by atoms with Crippen molar-refractivity contribution in [3.63, 3.8) is 0 Å². The molecule has 0 bridgehead atoms. The quantitative estimate of drug-likeness (QED) is 0.306. The van der Waals surface area contributed by atoms with Crippen molar-refractivity contribution in [2.45, 2.75) is 39.3 Å². The Bertz CT molecular complexity index is 919. The van der Waals surface area contributed by atoms with Crippen LogP contribution in [-0.2, 0) is 16.1 Å². The Kier molecular flexibility index (Phi) is 9.46. The minimum Gasteiger partial charge on any atom is -0.490 e. The topological polar surface area (TPSA) is 111 Å². The molecule has 0 aliphatic heterocycles. The molecule has 0 saturated heterocycles. The lowest BCUT2D eigenvalue weighted by molar-refractivity contribution is -0.385. The van der Waals surface area contributed by atoms with Gasteiger partial charge >= 0.3 is 5.69 Å². The average molecular weight is 444 g/mol. The first-order valence-electron chi connectivity index (χ1n) is 10.4. The number of rotatable bonds is 12. The molecule has 1 N–H and O–H groups in total. The van der Waals surface area contributed by atoms with E-state index in [2.05, 4.69) is 5.32 Å². The first-order chi connectivity index (χ1) is 15.4. The summed E-state index contributed by atoms with van der Waals surface area (Å²) in [4.78, 5) is 37.5. The molecule has 2 rings (SSSR count). The van der Waals surface area contributed by atoms with Crippen LogP contribution in [0.5, 0.6) is 11.5 Å². The Hall–Kier alpha value is -3.62. The Morgan fingerprint density at radius 3 is 2.53 bits per heavy atom. The standard InChI is InChI=1S/C23H29N3O6/c1-4-5-13-24-23(28)17(2)25(15-18-9-7-6-8-10-18)22(27)16-32-19-11-12-20(26(29)30)21(14-19)31-3/h6-12,14,17H,4-5,13,15-16H2,1-3H3,(H,24,28). The normalized spacial score (nSPS) is 11.3. The largest absolute Gasteiger partial charge is 0.490 e. The van der Waals surface area contributed by atoms with Gasteiger partial charge < -0.3 is 19.7 Å². The predicted molar refractivity (Wildman–Crippen MR) is 120 cm³/mol. The summed E-state index contributed by atoms with van der Waals surface area (Å²) in [6.45, 7) is 4.17. The molecular formula is C23H29N3O6. The van der Waals surface area contributed by atoms with Crippen LogP contribution < -0.4 is 14.8 Å². The van der Waals surface area contributed by atoms with Crippen LogP contribution in [0.15, 0.2) is 48.5 Å². The second-order valence-corrected chi connectivity index (χ2v) is 7.21. The number of nitrogens with zero attached hydrogens (tertiary/aromatic N) is 2. The van der Waals surface area contributed by atoms with Gasteiger partial charge in [0.1, 0.15) is 11.8 Å². The molecule has 2 aromatic rings. The highest BCUT2D eigenvalue weighted by atomic mass is 16.6. The van der Waals surface area contributed by atoms with Crippen LogP contribution >= 0.6 is 0 Å². The molecule has 9 heteroatoms. The summed E-state index contributed by atoms with van der Waals surface area (Å²) in [5, 5.41) is 13.9. The maximum atomic E-state index is 13.0. The van der Waals surface area contributed by atoms with E-state index in [4.69, 9.17) is 9.47 Å². The van der Waals surface area contributed by atoms with Gasteiger partial charge in [0.15, 0.2) is 6.61 Å². The minimum atomic E-state index is -0.699. The second kappa shape index (κ2) is 12.3. The van der Waals surface area contributed by atoms with E-state index >= 15 is 0 Å². The molecule has 2 amide bonds. The molecule has 172 valence electrons. The molecule has 0 aliphatic rings. The number of hydrogen-bond donors (Lipinski definition) is 1. The molecule has 2 aromatic carbocycles. The van der Waals surface area contributed by atoms with Gasteiger partial charge in [0.25, 0.3) is 5.91 Å². The van der Waals surface area contributed by atoms with Gasteiger partial charge in [-0.2, -0.15) is 0 Å². The lowest BCUT2D eigenvalue weighted by Crippen LogP contribution is -2.49. The van der Waals surface area contributed by atoms with Crippen molar-refractivity contribution in [1.29, 1.82) is 0 Å². The third-order valence-corrected chi connectivity index (χ3v) is 4.90. The maximum absolute atomic E-state index is 13.0. The number of nitrogens with one attached hydrogen (secondary N) is 1. The lowest BCUT2D eigenvalue weighted by atomic mass is 10.1. The molecule has 32 heavy (non-hydrogen) atoms. The summed E-state index contributed by atoms with van der Waals surface area (Å²) in [5.74, 6) is -0.339. The Morgan fingerprint density at radius 1 is 1.19 bits per heavy atom. The number of carbonyl (C=O) groups excluding carboxylic acids is 2. The highest BCUT2D eigenvalue weighted by Crippen LogP contribution is 2.30. The summed E-state index contributed by atoms with van der Waals surface area (Å²) in [6.07, 6.45) is 1.81. The van der Waals surface area contributed by atoms with E-state index in [9.17, 15) is 19.7 Å². The van der Waals surface area contributed by atoms with Crippen molar-refractivity contribution >= 4 is 17.5 Å². The zero-order valence-electron chi connectivity index (χ0n) is 18.6. The molecule has 1 atom stereocenters. The van der Waals surface area contributed by atoms with E-state index in [0.717, 1.165) is 18.4 Å². The van der Waals surface area contributed by atoms with E-state index in [-0.39, 0.29) is 42.2 Å². The number of ether oxygens (including phenoxy) is 2. The zero-order valence-corrected chi connectivity index (χ0v) is 18.6. The monoisotopic (exact) mass is 443 g/mol. The van der Waals surface area contributed by atoms with Crippen molar-refractivity contribution in [1.82, 2.24) is 10.2 Å². The van der Waals surface area contributed by atoms with Crippen LogP contribution in [0.1, 0.15) is 32.3 Å². The summed E-state index contributed by atoms with van der Waals surface area (Å²) in [5.41, 5.74) is 0.681. The SMILES string of the molecule is CCCCNC(=O)C(C)N(Cc1ccccc1)C(=O)COc1ccc([N+](=O)[O-])c(OC)c1. The number of methoxy groups -OCH3 is 1. The molecule has 0 heterocycles. The Morgan fingerprint density at radius 2 is 1.91 bits per heavy atom. The molecular weight excluding hydrogens is 414 g/mol. The number of unbranched alkanes of at least 4 members (excludes halogenated alkanes) is 1. The van der Waals surface area contributed by atoms with Gasteiger partial charge in [-0.1, -0.05) is 43.7 Å². The van der Waals surface area contributed by atoms with Crippen molar-refractivity contribution in [3.05, 3.63) is 64.2 Å². The van der Waals surface area contributed by atoms with Gasteiger partial charge in [-0.15, -0.1) is 0 Å². The van der Waals surface area contributed by atoms with Crippen LogP contribution in [-0.4, -0.2) is 47.9 Å².